The normalized spacial score (nSPS) is 18.8. The highest BCUT2D eigenvalue weighted by molar-refractivity contribution is 9.10. The number of ether oxygens (including phenoxy) is 1. The Kier molecular flexibility index (Phi) is 4.44. The maximum absolute atomic E-state index is 5.83. The van der Waals surface area contributed by atoms with Gasteiger partial charge in [0.05, 0.1) is 0 Å². The molecule has 0 spiro atoms. The van der Waals surface area contributed by atoms with Crippen molar-refractivity contribution in [3.8, 4) is 5.75 Å². The lowest BCUT2D eigenvalue weighted by molar-refractivity contribution is 0.197. The minimum Gasteiger partial charge on any atom is -0.492 e. The largest absolute Gasteiger partial charge is 0.492 e. The third kappa shape index (κ3) is 4.81. The van der Waals surface area contributed by atoms with Gasteiger partial charge in [0.25, 0.3) is 0 Å². The Morgan fingerprint density at radius 3 is 2.11 bits per heavy atom. The number of halogens is 1. The third-order valence-electron chi connectivity index (χ3n) is 3.92. The van der Waals surface area contributed by atoms with E-state index < -0.39 is 0 Å². The van der Waals surface area contributed by atoms with E-state index in [9.17, 15) is 0 Å². The van der Waals surface area contributed by atoms with E-state index >= 15 is 0 Å². The second-order valence-corrected chi connectivity index (χ2v) is 6.86. The summed E-state index contributed by atoms with van der Waals surface area (Å²) in [5, 5.41) is 0. The lowest BCUT2D eigenvalue weighted by Gasteiger charge is -2.22. The minimum absolute atomic E-state index is 0.807. The zero-order valence-electron chi connectivity index (χ0n) is 11.4. The van der Waals surface area contributed by atoms with Crippen LogP contribution in [0.25, 0.3) is 0 Å². The Balaban J connectivity index is 1.41. The summed E-state index contributed by atoms with van der Waals surface area (Å²) < 4.78 is 6.93. The van der Waals surface area contributed by atoms with Crippen LogP contribution in [0.15, 0.2) is 28.7 Å². The highest BCUT2D eigenvalue weighted by Crippen LogP contribution is 2.33. The smallest absolute Gasteiger partial charge is 0.119 e. The standard InChI is InChI=1S/C16H22BrNO/c17-15-5-7-16(8-6-15)19-10-9-18(11-13-1-2-13)12-14-3-4-14/h5-8,13-14H,1-4,9-12H2. The fourth-order valence-corrected chi connectivity index (χ4v) is 2.68. The molecule has 2 aliphatic carbocycles. The van der Waals surface area contributed by atoms with Crippen LogP contribution in [0.5, 0.6) is 5.75 Å². The Hall–Kier alpha value is -0.540. The molecule has 3 heteroatoms. The van der Waals surface area contributed by atoms with Crippen molar-refractivity contribution in [1.82, 2.24) is 4.90 Å². The molecule has 2 fully saturated rings. The van der Waals surface area contributed by atoms with E-state index in [1.165, 1.54) is 38.8 Å². The van der Waals surface area contributed by atoms with Crippen molar-refractivity contribution in [1.29, 1.82) is 0 Å². The van der Waals surface area contributed by atoms with Crippen molar-refractivity contribution in [2.45, 2.75) is 25.7 Å². The van der Waals surface area contributed by atoms with Gasteiger partial charge in [0.1, 0.15) is 12.4 Å². The van der Waals surface area contributed by atoms with Gasteiger partial charge in [-0.15, -0.1) is 0 Å². The van der Waals surface area contributed by atoms with Crippen molar-refractivity contribution in [3.63, 3.8) is 0 Å². The molecular formula is C16H22BrNO. The molecule has 0 amide bonds. The summed E-state index contributed by atoms with van der Waals surface area (Å²) in [5.74, 6) is 2.93. The fourth-order valence-electron chi connectivity index (χ4n) is 2.41. The first-order valence-electron chi connectivity index (χ1n) is 7.40. The molecule has 1 aromatic rings. The van der Waals surface area contributed by atoms with Crippen LogP contribution in [0.3, 0.4) is 0 Å². The highest BCUT2D eigenvalue weighted by atomic mass is 79.9. The number of rotatable bonds is 8. The van der Waals surface area contributed by atoms with E-state index in [4.69, 9.17) is 4.74 Å². The second-order valence-electron chi connectivity index (χ2n) is 5.95. The minimum atomic E-state index is 0.807. The number of hydrogen-bond acceptors (Lipinski definition) is 2. The van der Waals surface area contributed by atoms with Gasteiger partial charge >= 0.3 is 0 Å². The molecule has 3 rings (SSSR count). The van der Waals surface area contributed by atoms with Crippen LogP contribution in [0.2, 0.25) is 0 Å². The lowest BCUT2D eigenvalue weighted by Crippen LogP contribution is -2.32. The van der Waals surface area contributed by atoms with Crippen LogP contribution in [0, 0.1) is 11.8 Å². The first kappa shape index (κ1) is 13.4. The predicted molar refractivity (Wildman–Crippen MR) is 81.5 cm³/mol. The predicted octanol–water partition coefficient (Wildman–Crippen LogP) is 3.95. The molecular weight excluding hydrogens is 302 g/mol. The molecule has 0 saturated heterocycles. The molecule has 0 radical (unpaired) electrons. The van der Waals surface area contributed by atoms with Gasteiger partial charge in [-0.05, 0) is 61.8 Å². The molecule has 0 N–H and O–H groups in total. The van der Waals surface area contributed by atoms with Crippen molar-refractivity contribution in [2.24, 2.45) is 11.8 Å². The Bertz CT molecular complexity index is 384. The zero-order valence-corrected chi connectivity index (χ0v) is 12.9. The number of hydrogen-bond donors (Lipinski definition) is 0. The van der Waals surface area contributed by atoms with Gasteiger partial charge < -0.3 is 4.74 Å². The summed E-state index contributed by atoms with van der Waals surface area (Å²) in [5.41, 5.74) is 0. The van der Waals surface area contributed by atoms with Crippen molar-refractivity contribution in [2.75, 3.05) is 26.2 Å². The van der Waals surface area contributed by atoms with E-state index in [2.05, 4.69) is 20.8 Å². The second kappa shape index (κ2) is 6.27. The molecule has 0 heterocycles. The Labute approximate surface area is 124 Å². The van der Waals surface area contributed by atoms with Gasteiger partial charge in [0, 0.05) is 24.1 Å². The number of nitrogens with zero attached hydrogens (tertiary/aromatic N) is 1. The molecule has 2 aliphatic rings. The van der Waals surface area contributed by atoms with Gasteiger partial charge in [-0.1, -0.05) is 15.9 Å². The van der Waals surface area contributed by atoms with Crippen LogP contribution in [0.1, 0.15) is 25.7 Å². The van der Waals surface area contributed by atoms with Gasteiger partial charge in [0.2, 0.25) is 0 Å². The maximum atomic E-state index is 5.83. The van der Waals surface area contributed by atoms with E-state index in [0.29, 0.717) is 0 Å². The van der Waals surface area contributed by atoms with Crippen LogP contribution in [0.4, 0.5) is 0 Å². The Morgan fingerprint density at radius 1 is 1.00 bits per heavy atom. The Morgan fingerprint density at radius 2 is 1.58 bits per heavy atom. The van der Waals surface area contributed by atoms with Crippen LogP contribution < -0.4 is 4.74 Å². The first-order valence-corrected chi connectivity index (χ1v) is 8.19. The average molecular weight is 324 g/mol. The zero-order chi connectivity index (χ0) is 13.1. The average Bonchev–Trinajstić information content (AvgIpc) is 3.27. The highest BCUT2D eigenvalue weighted by Gasteiger charge is 2.28. The third-order valence-corrected chi connectivity index (χ3v) is 4.45. The summed E-state index contributed by atoms with van der Waals surface area (Å²) in [7, 11) is 0. The summed E-state index contributed by atoms with van der Waals surface area (Å²) in [6.45, 7) is 4.46. The molecule has 0 aromatic heterocycles. The van der Waals surface area contributed by atoms with E-state index in [0.717, 1.165) is 35.2 Å². The molecule has 0 aliphatic heterocycles. The topological polar surface area (TPSA) is 12.5 Å². The SMILES string of the molecule is Brc1ccc(OCCN(CC2CC2)CC2CC2)cc1. The van der Waals surface area contributed by atoms with Crippen LogP contribution >= 0.6 is 15.9 Å². The lowest BCUT2D eigenvalue weighted by atomic mass is 10.3. The van der Waals surface area contributed by atoms with Crippen LogP contribution in [-0.4, -0.2) is 31.1 Å². The molecule has 104 valence electrons. The van der Waals surface area contributed by atoms with Gasteiger partial charge in [0.15, 0.2) is 0 Å². The summed E-state index contributed by atoms with van der Waals surface area (Å²) in [4.78, 5) is 2.62. The first-order chi connectivity index (χ1) is 9.29. The maximum Gasteiger partial charge on any atom is 0.119 e. The molecule has 1 aromatic carbocycles. The van der Waals surface area contributed by atoms with E-state index in [-0.39, 0.29) is 0 Å². The number of benzene rings is 1. The van der Waals surface area contributed by atoms with E-state index in [1.54, 1.807) is 0 Å². The quantitative estimate of drug-likeness (QED) is 0.718. The fraction of sp³-hybridized carbons (Fsp3) is 0.625. The summed E-state index contributed by atoms with van der Waals surface area (Å²) in [6, 6.07) is 8.11. The van der Waals surface area contributed by atoms with Gasteiger partial charge in [-0.2, -0.15) is 0 Å². The van der Waals surface area contributed by atoms with Gasteiger partial charge in [-0.3, -0.25) is 4.90 Å². The van der Waals surface area contributed by atoms with Crippen LogP contribution in [-0.2, 0) is 0 Å². The van der Waals surface area contributed by atoms with Crippen molar-refractivity contribution < 1.29 is 4.74 Å². The van der Waals surface area contributed by atoms with Gasteiger partial charge in [-0.25, -0.2) is 0 Å². The van der Waals surface area contributed by atoms with E-state index in [1.807, 2.05) is 24.3 Å². The molecule has 2 nitrogen and oxygen atoms in total. The van der Waals surface area contributed by atoms with Crippen molar-refractivity contribution in [3.05, 3.63) is 28.7 Å². The molecule has 0 atom stereocenters. The molecule has 2 saturated carbocycles. The summed E-state index contributed by atoms with van der Waals surface area (Å²) >= 11 is 3.44. The molecule has 19 heavy (non-hydrogen) atoms. The van der Waals surface area contributed by atoms with Crippen molar-refractivity contribution >= 4 is 15.9 Å². The summed E-state index contributed by atoms with van der Waals surface area (Å²) in [6.07, 6.45) is 5.76. The monoisotopic (exact) mass is 323 g/mol. The molecule has 0 bridgehead atoms. The molecule has 0 unspecified atom stereocenters.